The van der Waals surface area contributed by atoms with E-state index in [1.807, 2.05) is 19.9 Å². The molecule has 1 aliphatic heterocycles. The molecule has 3 rings (SSSR count). The number of fused-ring (bicyclic) bond motifs is 1. The second-order valence-electron chi connectivity index (χ2n) is 6.16. The lowest BCUT2D eigenvalue weighted by atomic mass is 10.0. The van der Waals surface area contributed by atoms with Crippen LogP contribution in [0, 0.1) is 13.8 Å². The molecule has 23 heavy (non-hydrogen) atoms. The average Bonchev–Trinajstić information content (AvgIpc) is 2.89. The number of rotatable bonds is 2. The SMILES string of the molecule is Cc1cc(C)c2[nH]cc(C(=O)N3C[C@@H](F)C[C@H]3CO)c(=O)c2c1. The van der Waals surface area contributed by atoms with Gasteiger partial charge >= 0.3 is 0 Å². The fraction of sp³-hybridized carbons (Fsp3) is 0.412. The summed E-state index contributed by atoms with van der Waals surface area (Å²) in [4.78, 5) is 29.6. The first kappa shape index (κ1) is 15.7. The number of H-pyrrole nitrogens is 1. The molecule has 1 aliphatic rings. The van der Waals surface area contributed by atoms with E-state index in [0.29, 0.717) is 10.9 Å². The van der Waals surface area contributed by atoms with Crippen LogP contribution < -0.4 is 5.43 Å². The van der Waals surface area contributed by atoms with Crippen molar-refractivity contribution in [3.8, 4) is 0 Å². The summed E-state index contributed by atoms with van der Waals surface area (Å²) in [5, 5.41) is 9.77. The van der Waals surface area contributed by atoms with Crippen molar-refractivity contribution in [3.63, 3.8) is 0 Å². The number of aryl methyl sites for hydroxylation is 2. The van der Waals surface area contributed by atoms with Gasteiger partial charge in [-0.1, -0.05) is 6.07 Å². The molecule has 0 spiro atoms. The molecule has 0 unspecified atom stereocenters. The Hall–Kier alpha value is -2.21. The van der Waals surface area contributed by atoms with Gasteiger partial charge in [-0.15, -0.1) is 0 Å². The lowest BCUT2D eigenvalue weighted by molar-refractivity contribution is 0.0671. The summed E-state index contributed by atoms with van der Waals surface area (Å²) in [5.41, 5.74) is 2.17. The number of hydrogen-bond acceptors (Lipinski definition) is 3. The molecular weight excluding hydrogens is 299 g/mol. The van der Waals surface area contributed by atoms with Crippen molar-refractivity contribution in [2.75, 3.05) is 13.2 Å². The molecule has 2 N–H and O–H groups in total. The smallest absolute Gasteiger partial charge is 0.259 e. The van der Waals surface area contributed by atoms with Crippen LogP contribution in [0.3, 0.4) is 0 Å². The van der Waals surface area contributed by atoms with Gasteiger partial charge in [0.2, 0.25) is 5.43 Å². The lowest BCUT2D eigenvalue weighted by Crippen LogP contribution is -2.40. The number of nitrogens with zero attached hydrogens (tertiary/aromatic N) is 1. The Morgan fingerprint density at radius 2 is 2.17 bits per heavy atom. The van der Waals surface area contributed by atoms with E-state index in [2.05, 4.69) is 4.98 Å². The number of carbonyl (C=O) groups is 1. The van der Waals surface area contributed by atoms with E-state index in [-0.39, 0.29) is 30.6 Å². The number of hydrogen-bond donors (Lipinski definition) is 2. The van der Waals surface area contributed by atoms with Crippen molar-refractivity contribution in [2.45, 2.75) is 32.5 Å². The summed E-state index contributed by atoms with van der Waals surface area (Å²) in [5.74, 6) is -0.536. The Morgan fingerprint density at radius 3 is 2.87 bits per heavy atom. The number of halogens is 1. The zero-order valence-electron chi connectivity index (χ0n) is 13.1. The van der Waals surface area contributed by atoms with Crippen LogP contribution in [0.1, 0.15) is 27.9 Å². The highest BCUT2D eigenvalue weighted by molar-refractivity contribution is 5.98. The van der Waals surface area contributed by atoms with Crippen molar-refractivity contribution in [1.29, 1.82) is 0 Å². The maximum atomic E-state index is 13.6. The summed E-state index contributed by atoms with van der Waals surface area (Å²) < 4.78 is 13.6. The minimum Gasteiger partial charge on any atom is -0.394 e. The van der Waals surface area contributed by atoms with Crippen LogP contribution in [0.2, 0.25) is 0 Å². The highest BCUT2D eigenvalue weighted by Crippen LogP contribution is 2.22. The maximum absolute atomic E-state index is 13.6. The minimum atomic E-state index is -1.17. The van der Waals surface area contributed by atoms with Gasteiger partial charge in [0.1, 0.15) is 11.7 Å². The molecule has 1 fully saturated rings. The van der Waals surface area contributed by atoms with Crippen LogP contribution in [0.15, 0.2) is 23.1 Å². The van der Waals surface area contributed by atoms with Gasteiger partial charge in [-0.05, 0) is 31.0 Å². The van der Waals surface area contributed by atoms with Crippen molar-refractivity contribution in [3.05, 3.63) is 45.2 Å². The number of amides is 1. The molecule has 2 heterocycles. The number of nitrogens with one attached hydrogen (secondary N) is 1. The predicted octanol–water partition coefficient (Wildman–Crippen LogP) is 1.69. The van der Waals surface area contributed by atoms with Crippen molar-refractivity contribution in [1.82, 2.24) is 9.88 Å². The standard InChI is InChI=1S/C17H19FN2O3/c1-9-3-10(2)15-13(4-9)16(22)14(6-19-15)17(23)20-7-11(18)5-12(20)8-21/h3-4,6,11-12,21H,5,7-8H2,1-2H3,(H,19,22)/t11-,12-/m0/s1. The molecule has 2 atom stereocenters. The predicted molar refractivity (Wildman–Crippen MR) is 85.5 cm³/mol. The van der Waals surface area contributed by atoms with Crippen molar-refractivity contribution >= 4 is 16.8 Å². The van der Waals surface area contributed by atoms with Crippen LogP contribution in [0.4, 0.5) is 4.39 Å². The van der Waals surface area contributed by atoms with Crippen LogP contribution in [-0.2, 0) is 0 Å². The summed E-state index contributed by atoms with van der Waals surface area (Å²) in [6.07, 6.45) is 0.321. The molecule has 1 aromatic carbocycles. The van der Waals surface area contributed by atoms with Crippen molar-refractivity contribution < 1.29 is 14.3 Å². The van der Waals surface area contributed by atoms with E-state index in [1.54, 1.807) is 6.07 Å². The van der Waals surface area contributed by atoms with Crippen molar-refractivity contribution in [2.24, 2.45) is 0 Å². The Morgan fingerprint density at radius 1 is 1.43 bits per heavy atom. The Balaban J connectivity index is 2.08. The van der Waals surface area contributed by atoms with Gasteiger partial charge in [-0.3, -0.25) is 9.59 Å². The zero-order valence-corrected chi connectivity index (χ0v) is 13.1. The number of benzene rings is 1. The fourth-order valence-electron chi connectivity index (χ4n) is 3.29. The molecule has 1 aromatic heterocycles. The Labute approximate surface area is 132 Å². The van der Waals surface area contributed by atoms with E-state index < -0.39 is 18.1 Å². The highest BCUT2D eigenvalue weighted by Gasteiger charge is 2.36. The van der Waals surface area contributed by atoms with Gasteiger partial charge in [0.15, 0.2) is 0 Å². The molecule has 0 bridgehead atoms. The van der Waals surface area contributed by atoms with Crippen LogP contribution in [0.5, 0.6) is 0 Å². The van der Waals surface area contributed by atoms with Gasteiger partial charge < -0.3 is 15.0 Å². The maximum Gasteiger partial charge on any atom is 0.259 e. The van der Waals surface area contributed by atoms with Gasteiger partial charge in [-0.2, -0.15) is 0 Å². The number of likely N-dealkylation sites (tertiary alicyclic amines) is 1. The normalized spacial score (nSPS) is 21.1. The molecule has 2 aromatic rings. The second kappa shape index (κ2) is 5.77. The number of carbonyl (C=O) groups excluding carboxylic acids is 1. The number of aromatic amines is 1. The van der Waals surface area contributed by atoms with Crippen LogP contribution in [-0.4, -0.2) is 46.3 Å². The first-order valence-corrected chi connectivity index (χ1v) is 7.61. The molecule has 1 amide bonds. The summed E-state index contributed by atoms with van der Waals surface area (Å²) in [6, 6.07) is 3.12. The average molecular weight is 318 g/mol. The third-order valence-electron chi connectivity index (χ3n) is 4.40. The summed E-state index contributed by atoms with van der Waals surface area (Å²) >= 11 is 0. The quantitative estimate of drug-likeness (QED) is 0.885. The molecule has 6 heteroatoms. The number of alkyl halides is 1. The van der Waals surface area contributed by atoms with E-state index in [9.17, 15) is 19.1 Å². The molecular formula is C17H19FN2O3. The third-order valence-corrected chi connectivity index (χ3v) is 4.40. The first-order chi connectivity index (χ1) is 10.9. The first-order valence-electron chi connectivity index (χ1n) is 7.61. The molecule has 1 saturated heterocycles. The molecule has 0 aliphatic carbocycles. The molecule has 0 radical (unpaired) electrons. The monoisotopic (exact) mass is 318 g/mol. The van der Waals surface area contributed by atoms with Gasteiger partial charge in [0, 0.05) is 18.0 Å². The van der Waals surface area contributed by atoms with Crippen LogP contribution >= 0.6 is 0 Å². The van der Waals surface area contributed by atoms with E-state index in [4.69, 9.17) is 0 Å². The second-order valence-corrected chi connectivity index (χ2v) is 6.16. The number of pyridine rings is 1. The number of aromatic nitrogens is 1. The number of aliphatic hydroxyl groups is 1. The highest BCUT2D eigenvalue weighted by atomic mass is 19.1. The summed E-state index contributed by atoms with van der Waals surface area (Å²) in [7, 11) is 0. The topological polar surface area (TPSA) is 73.4 Å². The van der Waals surface area contributed by atoms with Crippen LogP contribution in [0.25, 0.3) is 10.9 Å². The van der Waals surface area contributed by atoms with E-state index in [0.717, 1.165) is 11.1 Å². The molecule has 122 valence electrons. The molecule has 0 saturated carbocycles. The van der Waals surface area contributed by atoms with E-state index >= 15 is 0 Å². The third kappa shape index (κ3) is 2.63. The zero-order chi connectivity index (χ0) is 16.7. The fourth-order valence-corrected chi connectivity index (χ4v) is 3.29. The minimum absolute atomic E-state index is 0.0185. The van der Waals surface area contributed by atoms with Gasteiger partial charge in [-0.25, -0.2) is 4.39 Å². The molecule has 5 nitrogen and oxygen atoms in total. The largest absolute Gasteiger partial charge is 0.394 e. The summed E-state index contributed by atoms with van der Waals surface area (Å²) in [6.45, 7) is 3.38. The Bertz CT molecular complexity index is 830. The number of aliphatic hydroxyl groups excluding tert-OH is 1. The van der Waals surface area contributed by atoms with Gasteiger partial charge in [0.05, 0.1) is 24.7 Å². The Kier molecular flexibility index (Phi) is 3.93. The lowest BCUT2D eigenvalue weighted by Gasteiger charge is -2.22. The van der Waals surface area contributed by atoms with Gasteiger partial charge in [0.25, 0.3) is 5.91 Å². The van der Waals surface area contributed by atoms with E-state index in [1.165, 1.54) is 11.1 Å².